The van der Waals surface area contributed by atoms with Gasteiger partial charge in [0, 0.05) is 32.8 Å². The molecule has 0 aliphatic heterocycles. The maximum atomic E-state index is 6.55. The Balaban J connectivity index is 1.08. The molecule has 2 aromatic heterocycles. The molecule has 10 rings (SSSR count). The first-order valence-corrected chi connectivity index (χ1v) is 17.6. The van der Waals surface area contributed by atoms with Crippen molar-refractivity contribution in [2.24, 2.45) is 0 Å². The maximum absolute atomic E-state index is 6.55. The smallest absolute Gasteiger partial charge is 0.136 e. The number of hydrogen-bond acceptors (Lipinski definition) is 3. The van der Waals surface area contributed by atoms with Crippen LogP contribution >= 0.6 is 0 Å². The lowest BCUT2D eigenvalue weighted by molar-refractivity contribution is 0.571. The fraction of sp³-hybridized carbons (Fsp3) is 0.0417. The van der Waals surface area contributed by atoms with E-state index in [9.17, 15) is 0 Å². The van der Waals surface area contributed by atoms with Crippen LogP contribution in [0.25, 0.3) is 89.2 Å². The van der Waals surface area contributed by atoms with Crippen LogP contribution in [0.5, 0.6) is 0 Å². The van der Waals surface area contributed by atoms with Crippen molar-refractivity contribution in [2.45, 2.75) is 12.8 Å². The summed E-state index contributed by atoms with van der Waals surface area (Å²) in [5.41, 5.74) is 15.4. The molecule has 0 unspecified atom stereocenters. The summed E-state index contributed by atoms with van der Waals surface area (Å²) in [6.45, 7) is 0. The van der Waals surface area contributed by atoms with Gasteiger partial charge in [0.25, 0.3) is 0 Å². The Morgan fingerprint density at radius 2 is 1.04 bits per heavy atom. The molecule has 3 heteroatoms. The van der Waals surface area contributed by atoms with Crippen molar-refractivity contribution >= 4 is 50.4 Å². The number of para-hydroxylation sites is 1. The Bertz CT molecular complexity index is 2860. The van der Waals surface area contributed by atoms with Gasteiger partial charge < -0.3 is 14.2 Å². The predicted molar refractivity (Wildman–Crippen MR) is 212 cm³/mol. The third-order valence-corrected chi connectivity index (χ3v) is 10.2. The number of nitrogens with one attached hydrogen (secondary N) is 1. The lowest BCUT2D eigenvalue weighted by Gasteiger charge is -2.15. The molecule has 1 aliphatic carbocycles. The van der Waals surface area contributed by atoms with E-state index in [4.69, 9.17) is 8.83 Å². The molecule has 1 N–H and O–H groups in total. The van der Waals surface area contributed by atoms with Crippen LogP contribution in [0.3, 0.4) is 0 Å². The molecule has 2 heterocycles. The van der Waals surface area contributed by atoms with E-state index in [0.717, 1.165) is 73.2 Å². The second-order valence-electron chi connectivity index (χ2n) is 13.2. The van der Waals surface area contributed by atoms with Gasteiger partial charge in [-0.1, -0.05) is 127 Å². The average molecular weight is 656 g/mol. The number of rotatable bonds is 6. The zero-order chi connectivity index (χ0) is 33.7. The summed E-state index contributed by atoms with van der Waals surface area (Å²) >= 11 is 0. The summed E-state index contributed by atoms with van der Waals surface area (Å²) in [6.07, 6.45) is 4.06. The first-order chi connectivity index (χ1) is 25.3. The molecule has 0 saturated carbocycles. The average Bonchev–Trinajstić information content (AvgIpc) is 3.78. The number of hydrogen-bond donors (Lipinski definition) is 1. The molecule has 0 bridgehead atoms. The Labute approximate surface area is 295 Å². The van der Waals surface area contributed by atoms with Crippen LogP contribution in [0.1, 0.15) is 12.8 Å². The molecule has 0 saturated heterocycles. The molecule has 0 atom stereocenters. The van der Waals surface area contributed by atoms with E-state index >= 15 is 0 Å². The van der Waals surface area contributed by atoms with Crippen LogP contribution in [-0.2, 0) is 0 Å². The molecule has 0 spiro atoms. The molecule has 0 amide bonds. The summed E-state index contributed by atoms with van der Waals surface area (Å²) in [4.78, 5) is 0. The van der Waals surface area contributed by atoms with Gasteiger partial charge in [-0.05, 0) is 99.8 Å². The van der Waals surface area contributed by atoms with Gasteiger partial charge in [-0.15, -0.1) is 0 Å². The normalized spacial score (nSPS) is 12.7. The second kappa shape index (κ2) is 12.1. The van der Waals surface area contributed by atoms with Gasteiger partial charge in [0.05, 0.1) is 0 Å². The maximum Gasteiger partial charge on any atom is 0.136 e. The van der Waals surface area contributed by atoms with E-state index in [2.05, 4.69) is 157 Å². The molecule has 242 valence electrons. The minimum atomic E-state index is 0.902. The molecule has 3 nitrogen and oxygen atoms in total. The molecular weight excluding hydrogens is 623 g/mol. The highest BCUT2D eigenvalue weighted by atomic mass is 16.3. The van der Waals surface area contributed by atoms with Crippen LogP contribution in [-0.4, -0.2) is 0 Å². The van der Waals surface area contributed by atoms with E-state index in [1.807, 2.05) is 18.2 Å². The van der Waals surface area contributed by atoms with Crippen molar-refractivity contribution in [3.8, 4) is 44.5 Å². The monoisotopic (exact) mass is 655 g/mol. The fourth-order valence-electron chi connectivity index (χ4n) is 7.81. The van der Waals surface area contributed by atoms with Gasteiger partial charge in [-0.25, -0.2) is 0 Å². The lowest BCUT2D eigenvalue weighted by atomic mass is 9.90. The quantitative estimate of drug-likeness (QED) is 0.194. The third-order valence-electron chi connectivity index (χ3n) is 10.2. The minimum absolute atomic E-state index is 0.902. The highest BCUT2D eigenvalue weighted by molar-refractivity contribution is 6.12. The predicted octanol–water partition coefficient (Wildman–Crippen LogP) is 11.8. The highest BCUT2D eigenvalue weighted by Crippen LogP contribution is 2.39. The lowest BCUT2D eigenvalue weighted by Crippen LogP contribution is -2.29. The molecule has 0 fully saturated rings. The van der Waals surface area contributed by atoms with Crippen molar-refractivity contribution in [3.63, 3.8) is 0 Å². The summed E-state index contributed by atoms with van der Waals surface area (Å²) < 4.78 is 12.7. The molecular formula is C48H33NO2. The number of anilines is 1. The fourth-order valence-corrected chi connectivity index (χ4v) is 7.81. The number of fused-ring (bicyclic) bond motifs is 6. The third kappa shape index (κ3) is 5.05. The zero-order valence-electron chi connectivity index (χ0n) is 27.9. The van der Waals surface area contributed by atoms with E-state index in [-0.39, 0.29) is 0 Å². The van der Waals surface area contributed by atoms with Gasteiger partial charge in [0.1, 0.15) is 22.2 Å². The first-order valence-electron chi connectivity index (χ1n) is 17.6. The van der Waals surface area contributed by atoms with Crippen LogP contribution in [0.2, 0.25) is 0 Å². The van der Waals surface area contributed by atoms with Crippen LogP contribution in [0, 0.1) is 0 Å². The minimum Gasteiger partial charge on any atom is -0.456 e. The van der Waals surface area contributed by atoms with E-state index < -0.39 is 0 Å². The zero-order valence-corrected chi connectivity index (χ0v) is 27.9. The topological polar surface area (TPSA) is 38.3 Å². The molecule has 51 heavy (non-hydrogen) atoms. The Kier molecular flexibility index (Phi) is 6.95. The Morgan fingerprint density at radius 1 is 0.431 bits per heavy atom. The molecule has 7 aromatic carbocycles. The van der Waals surface area contributed by atoms with Crippen molar-refractivity contribution in [1.82, 2.24) is 0 Å². The highest BCUT2D eigenvalue weighted by Gasteiger charge is 2.18. The molecule has 1 aliphatic rings. The molecule has 9 aromatic rings. The van der Waals surface area contributed by atoms with Crippen molar-refractivity contribution in [2.75, 3.05) is 5.32 Å². The van der Waals surface area contributed by atoms with Crippen LogP contribution in [0.4, 0.5) is 5.69 Å². The van der Waals surface area contributed by atoms with E-state index in [1.54, 1.807) is 0 Å². The summed E-state index contributed by atoms with van der Waals surface area (Å²) in [6, 6.07) is 57.9. The number of benzene rings is 7. The van der Waals surface area contributed by atoms with Crippen molar-refractivity contribution in [3.05, 3.63) is 174 Å². The van der Waals surface area contributed by atoms with Gasteiger partial charge in [0.15, 0.2) is 0 Å². The van der Waals surface area contributed by atoms with Crippen LogP contribution < -0.4 is 16.0 Å². The van der Waals surface area contributed by atoms with Gasteiger partial charge >= 0.3 is 0 Å². The Hall–Kier alpha value is -6.58. The van der Waals surface area contributed by atoms with Gasteiger partial charge in [0.2, 0.25) is 0 Å². The van der Waals surface area contributed by atoms with Crippen LogP contribution in [0.15, 0.2) is 173 Å². The van der Waals surface area contributed by atoms with Gasteiger partial charge in [-0.2, -0.15) is 0 Å². The van der Waals surface area contributed by atoms with Crippen molar-refractivity contribution < 1.29 is 8.83 Å². The molecule has 0 radical (unpaired) electrons. The largest absolute Gasteiger partial charge is 0.456 e. The summed E-state index contributed by atoms with van der Waals surface area (Å²) in [5, 5.41) is 8.41. The summed E-state index contributed by atoms with van der Waals surface area (Å²) in [5.74, 6) is 0. The Morgan fingerprint density at radius 3 is 1.80 bits per heavy atom. The SMILES string of the molecule is C1=c2oc3cccc(-c4ccc(-c5ccccc5)c(-c5ccccc5)c4)c3c2=C(Nc2ccc(-c3cccc4oc5ccccc5c34)cc2)CC1. The second-order valence-corrected chi connectivity index (χ2v) is 13.2. The van der Waals surface area contributed by atoms with Crippen molar-refractivity contribution in [1.29, 1.82) is 0 Å². The van der Waals surface area contributed by atoms with E-state index in [0.29, 0.717) is 0 Å². The standard InChI is InChI=1S/C48H33NO2/c1-3-12-31(13-4-1)36-29-26-34(30-40(36)32-14-5-2-6-15-32)38-18-10-22-44-47(38)48-41(19-11-23-45(48)51-44)49-35-27-24-33(25-28-35)37-17-9-21-43-46(37)39-16-7-8-20-42(39)50-43/h1-10,12-18,20-30,49H,11,19H2. The number of furan rings is 2. The van der Waals surface area contributed by atoms with Gasteiger partial charge in [-0.3, -0.25) is 0 Å². The summed E-state index contributed by atoms with van der Waals surface area (Å²) in [7, 11) is 0. The van der Waals surface area contributed by atoms with E-state index in [1.165, 1.54) is 39.1 Å². The first kappa shape index (κ1) is 29.3.